The third-order valence-corrected chi connectivity index (χ3v) is 2.33. The molecule has 1 fully saturated rings. The zero-order chi connectivity index (χ0) is 9.84. The monoisotopic (exact) mass is 184 g/mol. The van der Waals surface area contributed by atoms with Crippen molar-refractivity contribution >= 4 is 5.91 Å². The van der Waals surface area contributed by atoms with Crippen LogP contribution in [-0.2, 0) is 4.79 Å². The van der Waals surface area contributed by atoms with Crippen LogP contribution in [0.25, 0.3) is 0 Å². The standard InChI is InChI=1S/C10H20N2O/c1-4-11(8-9(2)3)12-7-5-6-10(12)13/h9H,4-8H2,1-3H3. The molecule has 0 aromatic rings. The molecule has 1 amide bonds. The first-order chi connectivity index (χ1) is 6.15. The largest absolute Gasteiger partial charge is 0.275 e. The minimum absolute atomic E-state index is 0.294. The maximum absolute atomic E-state index is 11.4. The van der Waals surface area contributed by atoms with Gasteiger partial charge in [-0.1, -0.05) is 20.8 Å². The van der Waals surface area contributed by atoms with Gasteiger partial charge in [-0.15, -0.1) is 0 Å². The minimum Gasteiger partial charge on any atom is -0.275 e. The highest BCUT2D eigenvalue weighted by Crippen LogP contribution is 2.13. The highest BCUT2D eigenvalue weighted by Gasteiger charge is 2.25. The Hall–Kier alpha value is -0.570. The van der Waals surface area contributed by atoms with Crippen LogP contribution < -0.4 is 0 Å². The average Bonchev–Trinajstić information content (AvgIpc) is 2.47. The summed E-state index contributed by atoms with van der Waals surface area (Å²) < 4.78 is 0. The van der Waals surface area contributed by atoms with E-state index >= 15 is 0 Å². The summed E-state index contributed by atoms with van der Waals surface area (Å²) in [4.78, 5) is 11.4. The Labute approximate surface area is 80.7 Å². The Balaban J connectivity index is 2.49. The van der Waals surface area contributed by atoms with Crippen molar-refractivity contribution in [2.24, 2.45) is 5.92 Å². The number of rotatable bonds is 4. The number of carbonyl (C=O) groups is 1. The number of amides is 1. The van der Waals surface area contributed by atoms with Gasteiger partial charge in [0.05, 0.1) is 0 Å². The third kappa shape index (κ3) is 2.69. The van der Waals surface area contributed by atoms with Crippen LogP contribution in [0, 0.1) is 5.92 Å². The SMILES string of the molecule is CCN(CC(C)C)N1CCCC1=O. The molecule has 76 valence electrons. The first-order valence-electron chi connectivity index (χ1n) is 5.20. The van der Waals surface area contributed by atoms with Crippen molar-refractivity contribution in [3.63, 3.8) is 0 Å². The fourth-order valence-electron chi connectivity index (χ4n) is 1.75. The Morgan fingerprint density at radius 1 is 1.54 bits per heavy atom. The maximum atomic E-state index is 11.4. The smallest absolute Gasteiger partial charge is 0.236 e. The van der Waals surface area contributed by atoms with Gasteiger partial charge in [0, 0.05) is 26.1 Å². The van der Waals surface area contributed by atoms with Crippen molar-refractivity contribution in [3.8, 4) is 0 Å². The van der Waals surface area contributed by atoms with Gasteiger partial charge < -0.3 is 0 Å². The molecular weight excluding hydrogens is 164 g/mol. The van der Waals surface area contributed by atoms with Gasteiger partial charge in [0.1, 0.15) is 0 Å². The van der Waals surface area contributed by atoms with Crippen LogP contribution in [0.1, 0.15) is 33.6 Å². The number of carbonyl (C=O) groups excluding carboxylic acids is 1. The van der Waals surface area contributed by atoms with Crippen LogP contribution in [-0.4, -0.2) is 35.6 Å². The van der Waals surface area contributed by atoms with Crippen LogP contribution in [0.15, 0.2) is 0 Å². The van der Waals surface area contributed by atoms with Crippen molar-refractivity contribution in [3.05, 3.63) is 0 Å². The molecule has 0 N–H and O–H groups in total. The van der Waals surface area contributed by atoms with E-state index in [0.717, 1.165) is 32.5 Å². The zero-order valence-corrected chi connectivity index (χ0v) is 8.92. The van der Waals surface area contributed by atoms with Gasteiger partial charge in [-0.05, 0) is 12.3 Å². The topological polar surface area (TPSA) is 23.6 Å². The van der Waals surface area contributed by atoms with E-state index in [4.69, 9.17) is 0 Å². The lowest BCUT2D eigenvalue weighted by atomic mass is 10.2. The molecule has 0 aliphatic carbocycles. The highest BCUT2D eigenvalue weighted by molar-refractivity contribution is 5.77. The van der Waals surface area contributed by atoms with Gasteiger partial charge in [-0.25, -0.2) is 5.01 Å². The Bertz CT molecular complexity index is 180. The second-order valence-corrected chi connectivity index (χ2v) is 4.02. The zero-order valence-electron chi connectivity index (χ0n) is 8.92. The van der Waals surface area contributed by atoms with E-state index in [0.29, 0.717) is 11.8 Å². The van der Waals surface area contributed by atoms with E-state index in [-0.39, 0.29) is 0 Å². The summed E-state index contributed by atoms with van der Waals surface area (Å²) in [6.07, 6.45) is 1.75. The molecule has 0 aromatic carbocycles. The lowest BCUT2D eigenvalue weighted by Crippen LogP contribution is -2.45. The van der Waals surface area contributed by atoms with E-state index in [9.17, 15) is 4.79 Å². The van der Waals surface area contributed by atoms with E-state index in [2.05, 4.69) is 25.8 Å². The van der Waals surface area contributed by atoms with Gasteiger partial charge in [0.2, 0.25) is 5.91 Å². The second kappa shape index (κ2) is 4.61. The molecule has 0 bridgehead atoms. The van der Waals surface area contributed by atoms with Gasteiger partial charge in [0.25, 0.3) is 0 Å². The van der Waals surface area contributed by atoms with Crippen LogP contribution in [0.4, 0.5) is 0 Å². The number of nitrogens with zero attached hydrogens (tertiary/aromatic N) is 2. The van der Waals surface area contributed by atoms with Crippen LogP contribution in [0.2, 0.25) is 0 Å². The normalized spacial score (nSPS) is 17.9. The quantitative estimate of drug-likeness (QED) is 0.661. The fourth-order valence-corrected chi connectivity index (χ4v) is 1.75. The molecule has 0 saturated carbocycles. The van der Waals surface area contributed by atoms with E-state index in [1.165, 1.54) is 0 Å². The number of hydrogen-bond donors (Lipinski definition) is 0. The maximum Gasteiger partial charge on any atom is 0.236 e. The molecule has 3 nitrogen and oxygen atoms in total. The van der Waals surface area contributed by atoms with Crippen molar-refractivity contribution in [2.75, 3.05) is 19.6 Å². The molecule has 0 aromatic heterocycles. The second-order valence-electron chi connectivity index (χ2n) is 4.02. The molecular formula is C10H20N2O. The summed E-state index contributed by atoms with van der Waals surface area (Å²) in [7, 11) is 0. The molecule has 0 spiro atoms. The highest BCUT2D eigenvalue weighted by atomic mass is 16.2. The van der Waals surface area contributed by atoms with Crippen LogP contribution in [0.5, 0.6) is 0 Å². The van der Waals surface area contributed by atoms with E-state index in [1.807, 2.05) is 5.01 Å². The fraction of sp³-hybridized carbons (Fsp3) is 0.900. The lowest BCUT2D eigenvalue weighted by Gasteiger charge is -2.31. The summed E-state index contributed by atoms with van der Waals surface area (Å²) in [5, 5.41) is 4.08. The van der Waals surface area contributed by atoms with Gasteiger partial charge in [-0.3, -0.25) is 9.80 Å². The van der Waals surface area contributed by atoms with Crippen molar-refractivity contribution in [2.45, 2.75) is 33.6 Å². The third-order valence-electron chi connectivity index (χ3n) is 2.33. The number of hydrogen-bond acceptors (Lipinski definition) is 2. The summed E-state index contributed by atoms with van der Waals surface area (Å²) in [5.41, 5.74) is 0. The van der Waals surface area contributed by atoms with E-state index in [1.54, 1.807) is 0 Å². The molecule has 1 saturated heterocycles. The first kappa shape index (κ1) is 10.5. The van der Waals surface area contributed by atoms with Gasteiger partial charge >= 0.3 is 0 Å². The molecule has 13 heavy (non-hydrogen) atoms. The molecule has 0 unspecified atom stereocenters. The van der Waals surface area contributed by atoms with Crippen molar-refractivity contribution in [1.82, 2.24) is 10.0 Å². The minimum atomic E-state index is 0.294. The Kier molecular flexibility index (Phi) is 3.72. The molecule has 0 atom stereocenters. The molecule has 3 heteroatoms. The van der Waals surface area contributed by atoms with Crippen LogP contribution >= 0.6 is 0 Å². The summed E-state index contributed by atoms with van der Waals surface area (Å²) in [6, 6.07) is 0. The van der Waals surface area contributed by atoms with Gasteiger partial charge in [0.15, 0.2) is 0 Å². The van der Waals surface area contributed by atoms with Crippen LogP contribution in [0.3, 0.4) is 0 Å². The molecule has 1 aliphatic rings. The van der Waals surface area contributed by atoms with Gasteiger partial charge in [-0.2, -0.15) is 0 Å². The molecule has 0 radical (unpaired) electrons. The lowest BCUT2D eigenvalue weighted by molar-refractivity contribution is -0.143. The Morgan fingerprint density at radius 2 is 2.23 bits per heavy atom. The molecule has 1 aliphatic heterocycles. The summed E-state index contributed by atoms with van der Waals surface area (Å²) >= 11 is 0. The van der Waals surface area contributed by atoms with Crippen molar-refractivity contribution < 1.29 is 4.79 Å². The Morgan fingerprint density at radius 3 is 2.62 bits per heavy atom. The predicted molar refractivity (Wildman–Crippen MR) is 53.0 cm³/mol. The summed E-state index contributed by atoms with van der Waals surface area (Å²) in [6.45, 7) is 9.31. The summed E-state index contributed by atoms with van der Waals surface area (Å²) in [5.74, 6) is 0.913. The molecule has 1 heterocycles. The van der Waals surface area contributed by atoms with Crippen molar-refractivity contribution in [1.29, 1.82) is 0 Å². The first-order valence-corrected chi connectivity index (χ1v) is 5.20. The molecule has 1 rings (SSSR count). The number of hydrazine groups is 1. The predicted octanol–water partition coefficient (Wildman–Crippen LogP) is 1.50. The van der Waals surface area contributed by atoms with E-state index < -0.39 is 0 Å². The average molecular weight is 184 g/mol.